The highest BCUT2D eigenvalue weighted by molar-refractivity contribution is 5.97. The lowest BCUT2D eigenvalue weighted by atomic mass is 9.95. The summed E-state index contributed by atoms with van der Waals surface area (Å²) in [5.74, 6) is -0.175. The summed E-state index contributed by atoms with van der Waals surface area (Å²) in [5.41, 5.74) is 0.256. The van der Waals surface area contributed by atoms with Crippen LogP contribution in [0.2, 0.25) is 0 Å². The molecule has 1 aromatic heterocycles. The van der Waals surface area contributed by atoms with Crippen LogP contribution in [-0.2, 0) is 0 Å². The van der Waals surface area contributed by atoms with Crippen LogP contribution in [0.15, 0.2) is 27.8 Å². The molecule has 1 aliphatic heterocycles. The van der Waals surface area contributed by atoms with Gasteiger partial charge in [0.1, 0.15) is 0 Å². The summed E-state index contributed by atoms with van der Waals surface area (Å²) in [6, 6.07) is 4.91. The fraction of sp³-hybridized carbons (Fsp3) is 0.591. The Kier molecular flexibility index (Phi) is 6.13. The first-order valence-corrected chi connectivity index (χ1v) is 10.9. The molecule has 0 spiro atoms. The topological polar surface area (TPSA) is 87.2 Å². The lowest BCUT2D eigenvalue weighted by Crippen LogP contribution is -2.38. The molecule has 2 aliphatic rings. The maximum Gasteiger partial charge on any atom is 0.329 e. The van der Waals surface area contributed by atoms with E-state index in [1.165, 1.54) is 17.4 Å². The number of rotatable bonds is 6. The monoisotopic (exact) mass is 398 g/mol. The van der Waals surface area contributed by atoms with E-state index in [9.17, 15) is 14.4 Å². The van der Waals surface area contributed by atoms with Crippen molar-refractivity contribution in [2.45, 2.75) is 57.4 Å². The molecule has 2 aromatic rings. The highest BCUT2D eigenvalue weighted by Gasteiger charge is 2.20. The van der Waals surface area contributed by atoms with Crippen molar-refractivity contribution < 1.29 is 4.79 Å². The van der Waals surface area contributed by atoms with Crippen LogP contribution in [0, 0.1) is 0 Å². The van der Waals surface area contributed by atoms with Gasteiger partial charge in [0.05, 0.1) is 10.9 Å². The summed E-state index contributed by atoms with van der Waals surface area (Å²) in [5, 5.41) is 3.40. The molecule has 1 saturated carbocycles. The smallest absolute Gasteiger partial charge is 0.329 e. The lowest BCUT2D eigenvalue weighted by molar-refractivity contribution is 0.0952. The number of hydrogen-bond donors (Lipinski definition) is 2. The second kappa shape index (κ2) is 8.95. The van der Waals surface area contributed by atoms with Crippen molar-refractivity contribution in [2.24, 2.45) is 0 Å². The second-order valence-corrected chi connectivity index (χ2v) is 8.32. The van der Waals surface area contributed by atoms with E-state index < -0.39 is 0 Å². The van der Waals surface area contributed by atoms with Crippen LogP contribution in [-0.4, -0.2) is 46.5 Å². The number of aromatic nitrogens is 2. The molecule has 0 radical (unpaired) electrons. The molecular formula is C22H30N4O3. The predicted octanol–water partition coefficient (Wildman–Crippen LogP) is 2.41. The van der Waals surface area contributed by atoms with E-state index in [0.717, 1.165) is 58.2 Å². The highest BCUT2D eigenvalue weighted by atomic mass is 16.2. The van der Waals surface area contributed by atoms with Crippen LogP contribution >= 0.6 is 0 Å². The van der Waals surface area contributed by atoms with Crippen molar-refractivity contribution in [1.29, 1.82) is 0 Å². The molecule has 2 N–H and O–H groups in total. The second-order valence-electron chi connectivity index (χ2n) is 8.32. The fourth-order valence-electron chi connectivity index (χ4n) is 4.66. The van der Waals surface area contributed by atoms with Gasteiger partial charge in [-0.1, -0.05) is 19.3 Å². The largest absolute Gasteiger partial charge is 0.352 e. The Balaban J connectivity index is 1.46. The van der Waals surface area contributed by atoms with E-state index in [4.69, 9.17) is 0 Å². The molecule has 156 valence electrons. The minimum absolute atomic E-state index is 0.0250. The molecule has 1 saturated heterocycles. The highest BCUT2D eigenvalue weighted by Crippen LogP contribution is 2.26. The van der Waals surface area contributed by atoms with Gasteiger partial charge < -0.3 is 15.2 Å². The lowest BCUT2D eigenvalue weighted by Gasteiger charge is -2.23. The molecule has 7 nitrogen and oxygen atoms in total. The number of fused-ring (bicyclic) bond motifs is 1. The number of hydrogen-bond acceptors (Lipinski definition) is 4. The van der Waals surface area contributed by atoms with Crippen molar-refractivity contribution in [2.75, 3.05) is 26.2 Å². The van der Waals surface area contributed by atoms with E-state index in [0.29, 0.717) is 23.0 Å². The third-order valence-electron chi connectivity index (χ3n) is 6.27. The van der Waals surface area contributed by atoms with Crippen molar-refractivity contribution >= 4 is 16.8 Å². The fourth-order valence-corrected chi connectivity index (χ4v) is 4.66. The van der Waals surface area contributed by atoms with Crippen molar-refractivity contribution in [3.05, 3.63) is 44.6 Å². The number of nitrogens with one attached hydrogen (secondary N) is 2. The zero-order valence-electron chi connectivity index (χ0n) is 16.9. The molecule has 7 heteroatoms. The molecule has 0 unspecified atom stereocenters. The molecule has 0 bridgehead atoms. The SMILES string of the molecule is O=C(NCCCN1CCCC1)c1ccc2c(=O)n(C3CCCCC3)c(=O)[nH]c2c1. The van der Waals surface area contributed by atoms with Gasteiger partial charge in [-0.3, -0.25) is 14.2 Å². The van der Waals surface area contributed by atoms with Crippen LogP contribution in [0.5, 0.6) is 0 Å². The summed E-state index contributed by atoms with van der Waals surface area (Å²) >= 11 is 0. The molecule has 4 rings (SSSR count). The average Bonchev–Trinajstić information content (AvgIpc) is 3.25. The van der Waals surface area contributed by atoms with Gasteiger partial charge >= 0.3 is 5.69 Å². The third kappa shape index (κ3) is 4.45. The van der Waals surface area contributed by atoms with Gasteiger partial charge in [0.15, 0.2) is 0 Å². The van der Waals surface area contributed by atoms with Gasteiger partial charge in [-0.15, -0.1) is 0 Å². The molecule has 29 heavy (non-hydrogen) atoms. The van der Waals surface area contributed by atoms with E-state index in [-0.39, 0.29) is 23.2 Å². The number of nitrogens with zero attached hydrogens (tertiary/aromatic N) is 2. The first kappa shape index (κ1) is 19.9. The Labute approximate surface area is 170 Å². The number of likely N-dealkylation sites (tertiary alicyclic amines) is 1. The number of carbonyl (C=O) groups excluding carboxylic acids is 1. The first-order valence-electron chi connectivity index (χ1n) is 10.9. The van der Waals surface area contributed by atoms with Gasteiger partial charge in [0, 0.05) is 18.2 Å². The number of carbonyl (C=O) groups is 1. The number of H-pyrrole nitrogens is 1. The molecule has 0 atom stereocenters. The Morgan fingerprint density at radius 1 is 1.07 bits per heavy atom. The van der Waals surface area contributed by atoms with Crippen LogP contribution in [0.4, 0.5) is 0 Å². The molecule has 2 fully saturated rings. The van der Waals surface area contributed by atoms with Crippen LogP contribution in [0.25, 0.3) is 10.9 Å². The summed E-state index contributed by atoms with van der Waals surface area (Å²) in [7, 11) is 0. The van der Waals surface area contributed by atoms with Crippen LogP contribution < -0.4 is 16.6 Å². The summed E-state index contributed by atoms with van der Waals surface area (Å²) in [4.78, 5) is 43.2. The van der Waals surface area contributed by atoms with Crippen molar-refractivity contribution in [1.82, 2.24) is 19.8 Å². The molecule has 1 aromatic carbocycles. The minimum Gasteiger partial charge on any atom is -0.352 e. The normalized spacial score (nSPS) is 18.3. The van der Waals surface area contributed by atoms with E-state index >= 15 is 0 Å². The maximum absolute atomic E-state index is 12.9. The van der Waals surface area contributed by atoms with E-state index in [2.05, 4.69) is 15.2 Å². The Hall–Kier alpha value is -2.41. The third-order valence-corrected chi connectivity index (χ3v) is 6.27. The first-order chi connectivity index (χ1) is 14.1. The van der Waals surface area contributed by atoms with Gasteiger partial charge in [-0.2, -0.15) is 0 Å². The molecular weight excluding hydrogens is 368 g/mol. The van der Waals surface area contributed by atoms with Gasteiger partial charge in [0.25, 0.3) is 11.5 Å². The van der Waals surface area contributed by atoms with Crippen molar-refractivity contribution in [3.8, 4) is 0 Å². The average molecular weight is 399 g/mol. The van der Waals surface area contributed by atoms with Gasteiger partial charge in [0.2, 0.25) is 0 Å². The van der Waals surface area contributed by atoms with Crippen LogP contribution in [0.1, 0.15) is 67.8 Å². The van der Waals surface area contributed by atoms with Crippen LogP contribution in [0.3, 0.4) is 0 Å². The maximum atomic E-state index is 12.9. The Bertz CT molecular complexity index is 982. The number of benzene rings is 1. The standard InChI is InChI=1S/C22H30N4O3/c27-20(23-11-6-14-25-12-4-5-13-25)16-9-10-18-19(15-16)24-22(29)26(21(18)28)17-7-2-1-3-8-17/h9-10,15,17H,1-8,11-14H2,(H,23,27)(H,24,29). The number of amides is 1. The summed E-state index contributed by atoms with van der Waals surface area (Å²) in [6.07, 6.45) is 8.44. The summed E-state index contributed by atoms with van der Waals surface area (Å²) < 4.78 is 1.37. The molecule has 1 amide bonds. The Morgan fingerprint density at radius 2 is 1.83 bits per heavy atom. The van der Waals surface area contributed by atoms with Gasteiger partial charge in [-0.25, -0.2) is 4.79 Å². The van der Waals surface area contributed by atoms with Crippen molar-refractivity contribution in [3.63, 3.8) is 0 Å². The number of aromatic amines is 1. The van der Waals surface area contributed by atoms with E-state index in [1.807, 2.05) is 0 Å². The zero-order valence-corrected chi connectivity index (χ0v) is 16.9. The quantitative estimate of drug-likeness (QED) is 0.732. The molecule has 2 heterocycles. The molecule has 1 aliphatic carbocycles. The summed E-state index contributed by atoms with van der Waals surface area (Å²) in [6.45, 7) is 3.94. The zero-order chi connectivity index (χ0) is 20.2. The predicted molar refractivity (Wildman–Crippen MR) is 114 cm³/mol. The van der Waals surface area contributed by atoms with Gasteiger partial charge in [-0.05, 0) is 69.9 Å². The van der Waals surface area contributed by atoms with E-state index in [1.54, 1.807) is 18.2 Å². The minimum atomic E-state index is -0.377. The Morgan fingerprint density at radius 3 is 2.59 bits per heavy atom.